The molecule has 146 valence electrons. The van der Waals surface area contributed by atoms with Gasteiger partial charge in [-0.3, -0.25) is 0 Å². The fraction of sp³-hybridized carbons (Fsp3) is 0.0400. The Morgan fingerprint density at radius 1 is 0.933 bits per heavy atom. The number of H-pyrrole nitrogens is 1. The molecule has 5 nitrogen and oxygen atoms in total. The summed E-state index contributed by atoms with van der Waals surface area (Å²) in [6.07, 6.45) is 7.63. The zero-order valence-corrected chi connectivity index (χ0v) is 16.5. The van der Waals surface area contributed by atoms with Crippen molar-refractivity contribution in [2.24, 2.45) is 0 Å². The highest BCUT2D eigenvalue weighted by molar-refractivity contribution is 5.95. The topological polar surface area (TPSA) is 62.8 Å². The van der Waals surface area contributed by atoms with E-state index in [1.54, 1.807) is 13.4 Å². The molecule has 2 aromatic heterocycles. The van der Waals surface area contributed by atoms with Crippen molar-refractivity contribution in [1.82, 2.24) is 15.0 Å². The van der Waals surface area contributed by atoms with Gasteiger partial charge in [0.1, 0.15) is 17.9 Å². The van der Waals surface area contributed by atoms with E-state index < -0.39 is 0 Å². The van der Waals surface area contributed by atoms with E-state index in [9.17, 15) is 0 Å². The number of anilines is 2. The molecule has 0 unspecified atom stereocenters. The van der Waals surface area contributed by atoms with E-state index >= 15 is 0 Å². The number of ether oxygens (including phenoxy) is 1. The van der Waals surface area contributed by atoms with Gasteiger partial charge in [-0.1, -0.05) is 42.5 Å². The highest BCUT2D eigenvalue weighted by Crippen LogP contribution is 2.31. The molecule has 0 radical (unpaired) electrons. The van der Waals surface area contributed by atoms with Crippen molar-refractivity contribution in [2.75, 3.05) is 12.4 Å². The first-order valence-electron chi connectivity index (χ1n) is 9.70. The predicted octanol–water partition coefficient (Wildman–Crippen LogP) is 6.03. The van der Waals surface area contributed by atoms with Crippen molar-refractivity contribution in [3.8, 4) is 5.75 Å². The van der Waals surface area contributed by atoms with Crippen LogP contribution in [0.25, 0.3) is 34.0 Å². The lowest BCUT2D eigenvalue weighted by Crippen LogP contribution is -1.97. The highest BCUT2D eigenvalue weighted by atomic mass is 16.5. The lowest BCUT2D eigenvalue weighted by atomic mass is 10.1. The number of fused-ring (bicyclic) bond motifs is 2. The fourth-order valence-corrected chi connectivity index (χ4v) is 3.53. The molecule has 2 N–H and O–H groups in total. The van der Waals surface area contributed by atoms with Crippen LogP contribution in [-0.4, -0.2) is 22.1 Å². The van der Waals surface area contributed by atoms with E-state index in [4.69, 9.17) is 4.74 Å². The number of aromatic amines is 1. The van der Waals surface area contributed by atoms with Gasteiger partial charge in [0, 0.05) is 39.8 Å². The fourth-order valence-electron chi connectivity index (χ4n) is 3.53. The smallest absolute Gasteiger partial charge is 0.141 e. The Labute approximate surface area is 174 Å². The van der Waals surface area contributed by atoms with Gasteiger partial charge in [-0.05, 0) is 35.9 Å². The largest absolute Gasteiger partial charge is 0.496 e. The van der Waals surface area contributed by atoms with Crippen molar-refractivity contribution >= 4 is 45.5 Å². The van der Waals surface area contributed by atoms with Crippen LogP contribution in [0.15, 0.2) is 79.3 Å². The van der Waals surface area contributed by atoms with Gasteiger partial charge in [0.05, 0.1) is 12.6 Å². The van der Waals surface area contributed by atoms with E-state index in [1.165, 1.54) is 0 Å². The van der Waals surface area contributed by atoms with Gasteiger partial charge in [0.2, 0.25) is 0 Å². The Kier molecular flexibility index (Phi) is 4.62. The molecule has 30 heavy (non-hydrogen) atoms. The number of benzene rings is 3. The van der Waals surface area contributed by atoms with Gasteiger partial charge < -0.3 is 15.0 Å². The number of nitrogens with one attached hydrogen (secondary N) is 2. The zero-order chi connectivity index (χ0) is 20.3. The summed E-state index contributed by atoms with van der Waals surface area (Å²) in [5, 5.41) is 5.51. The first-order chi connectivity index (χ1) is 14.8. The van der Waals surface area contributed by atoms with Crippen LogP contribution >= 0.6 is 0 Å². The average Bonchev–Trinajstić information content (AvgIpc) is 3.26. The molecule has 0 bridgehead atoms. The van der Waals surface area contributed by atoms with Gasteiger partial charge in [-0.15, -0.1) is 0 Å². The van der Waals surface area contributed by atoms with Crippen molar-refractivity contribution in [2.45, 2.75) is 0 Å². The Bertz CT molecular complexity index is 1360. The summed E-state index contributed by atoms with van der Waals surface area (Å²) in [6.45, 7) is 0. The number of hydrogen-bond acceptors (Lipinski definition) is 4. The molecule has 0 atom stereocenters. The number of rotatable bonds is 5. The molecule has 5 aromatic rings. The standard InChI is InChI=1S/C25H20N4O/c1-30-24-15-23-21(14-19(24)8-7-17-5-3-2-4-6-17)25(28-16-27-23)29-20-9-10-22-18(13-20)11-12-26-22/h2-16,26H,1H3,(H,27,28,29)/b8-7+. The molecule has 3 aromatic carbocycles. The lowest BCUT2D eigenvalue weighted by Gasteiger charge is -2.11. The zero-order valence-electron chi connectivity index (χ0n) is 16.5. The molecule has 0 fully saturated rings. The van der Waals surface area contributed by atoms with E-state index in [0.29, 0.717) is 0 Å². The molecule has 0 aliphatic heterocycles. The molecular formula is C25H20N4O. The van der Waals surface area contributed by atoms with Crippen molar-refractivity contribution in [1.29, 1.82) is 0 Å². The third kappa shape index (κ3) is 3.49. The molecule has 5 rings (SSSR count). The predicted molar refractivity (Wildman–Crippen MR) is 123 cm³/mol. The van der Waals surface area contributed by atoms with E-state index in [0.717, 1.165) is 50.2 Å². The van der Waals surface area contributed by atoms with Gasteiger partial charge in [-0.25, -0.2) is 9.97 Å². The van der Waals surface area contributed by atoms with Crippen LogP contribution in [0.4, 0.5) is 11.5 Å². The van der Waals surface area contributed by atoms with Crippen molar-refractivity contribution in [3.63, 3.8) is 0 Å². The molecule has 0 aliphatic carbocycles. The van der Waals surface area contributed by atoms with Gasteiger partial charge in [0.25, 0.3) is 0 Å². The highest BCUT2D eigenvalue weighted by Gasteiger charge is 2.10. The third-order valence-electron chi connectivity index (χ3n) is 5.06. The minimum atomic E-state index is 0.756. The monoisotopic (exact) mass is 392 g/mol. The molecule has 2 heterocycles. The van der Waals surface area contributed by atoms with Gasteiger partial charge in [-0.2, -0.15) is 0 Å². The quantitative estimate of drug-likeness (QED) is 0.358. The van der Waals surface area contributed by atoms with Crippen LogP contribution in [0.5, 0.6) is 5.75 Å². The van der Waals surface area contributed by atoms with Crippen LogP contribution in [0.3, 0.4) is 0 Å². The van der Waals surface area contributed by atoms with E-state index in [1.807, 2.05) is 36.5 Å². The second kappa shape index (κ2) is 7.72. The maximum Gasteiger partial charge on any atom is 0.141 e. The molecular weight excluding hydrogens is 372 g/mol. The Morgan fingerprint density at radius 2 is 1.83 bits per heavy atom. The molecule has 0 aliphatic rings. The third-order valence-corrected chi connectivity index (χ3v) is 5.06. The summed E-state index contributed by atoms with van der Waals surface area (Å²) in [5.41, 5.74) is 4.99. The summed E-state index contributed by atoms with van der Waals surface area (Å²) >= 11 is 0. The molecule has 0 saturated heterocycles. The average molecular weight is 392 g/mol. The summed E-state index contributed by atoms with van der Waals surface area (Å²) in [7, 11) is 1.67. The summed E-state index contributed by atoms with van der Waals surface area (Å²) in [6, 6.07) is 22.4. The Balaban J connectivity index is 1.56. The van der Waals surface area contributed by atoms with Crippen LogP contribution in [-0.2, 0) is 0 Å². The molecule has 0 amide bonds. The van der Waals surface area contributed by atoms with Crippen LogP contribution in [0, 0.1) is 0 Å². The van der Waals surface area contributed by atoms with Crippen molar-refractivity contribution < 1.29 is 4.74 Å². The second-order valence-corrected chi connectivity index (χ2v) is 6.98. The molecule has 0 saturated carbocycles. The van der Waals surface area contributed by atoms with E-state index in [2.05, 4.69) is 68.8 Å². The maximum atomic E-state index is 5.60. The first-order valence-corrected chi connectivity index (χ1v) is 9.70. The Hall–Kier alpha value is -4.12. The summed E-state index contributed by atoms with van der Waals surface area (Å²) < 4.78 is 5.60. The number of hydrogen-bond donors (Lipinski definition) is 2. The summed E-state index contributed by atoms with van der Waals surface area (Å²) in [5.74, 6) is 1.53. The normalized spacial score (nSPS) is 11.4. The number of aromatic nitrogens is 3. The first kappa shape index (κ1) is 17.9. The van der Waals surface area contributed by atoms with Crippen LogP contribution < -0.4 is 10.1 Å². The minimum Gasteiger partial charge on any atom is -0.496 e. The second-order valence-electron chi connectivity index (χ2n) is 6.98. The van der Waals surface area contributed by atoms with Crippen molar-refractivity contribution in [3.05, 3.63) is 90.4 Å². The number of nitrogens with zero attached hydrogens (tertiary/aromatic N) is 2. The van der Waals surface area contributed by atoms with E-state index in [-0.39, 0.29) is 0 Å². The van der Waals surface area contributed by atoms with Gasteiger partial charge in [0.15, 0.2) is 0 Å². The minimum absolute atomic E-state index is 0.756. The molecule has 5 heteroatoms. The Morgan fingerprint density at radius 3 is 2.70 bits per heavy atom. The van der Waals surface area contributed by atoms with Crippen LogP contribution in [0.1, 0.15) is 11.1 Å². The number of methoxy groups -OCH3 is 1. The SMILES string of the molecule is COc1cc2ncnc(Nc3ccc4[nH]ccc4c3)c2cc1/C=C/c1ccccc1. The lowest BCUT2D eigenvalue weighted by molar-refractivity contribution is 0.414. The van der Waals surface area contributed by atoms with Crippen LogP contribution in [0.2, 0.25) is 0 Å². The van der Waals surface area contributed by atoms with Gasteiger partial charge >= 0.3 is 0 Å². The maximum absolute atomic E-state index is 5.60. The molecule has 0 spiro atoms. The summed E-state index contributed by atoms with van der Waals surface area (Å²) in [4.78, 5) is 12.1.